The molecule has 0 fully saturated rings. The fourth-order valence-corrected chi connectivity index (χ4v) is 1.71. The molecule has 0 saturated carbocycles. The van der Waals surface area contributed by atoms with Crippen molar-refractivity contribution in [3.05, 3.63) is 34.8 Å². The van der Waals surface area contributed by atoms with E-state index in [2.05, 4.69) is 20.9 Å². The molecule has 0 bridgehead atoms. The van der Waals surface area contributed by atoms with Gasteiger partial charge in [0.25, 0.3) is 0 Å². The summed E-state index contributed by atoms with van der Waals surface area (Å²) in [5.41, 5.74) is 0.986. The standard InChI is InChI=1S/C9H7BrN2O/c10-7-2-1-4-12-8(7)6-11-9(12)3-5-13/h1-2,4-6H,3H2. The predicted molar refractivity (Wildman–Crippen MR) is 52.7 cm³/mol. The molecule has 4 heteroatoms. The van der Waals surface area contributed by atoms with Gasteiger partial charge in [-0.25, -0.2) is 4.98 Å². The lowest BCUT2D eigenvalue weighted by molar-refractivity contribution is -0.107. The lowest BCUT2D eigenvalue weighted by atomic mass is 10.4. The molecule has 0 aromatic carbocycles. The van der Waals surface area contributed by atoms with Gasteiger partial charge in [0.15, 0.2) is 0 Å². The SMILES string of the molecule is O=CCc1ncc2c(Br)cccn12. The number of nitrogens with zero attached hydrogens (tertiary/aromatic N) is 2. The van der Waals surface area contributed by atoms with Crippen LogP contribution in [0.25, 0.3) is 5.52 Å². The maximum absolute atomic E-state index is 10.3. The van der Waals surface area contributed by atoms with Crippen molar-refractivity contribution in [1.29, 1.82) is 0 Å². The van der Waals surface area contributed by atoms with E-state index in [1.165, 1.54) is 0 Å². The van der Waals surface area contributed by atoms with Gasteiger partial charge in [-0.2, -0.15) is 0 Å². The van der Waals surface area contributed by atoms with E-state index in [9.17, 15) is 4.79 Å². The second-order valence-corrected chi connectivity index (χ2v) is 3.51. The topological polar surface area (TPSA) is 34.4 Å². The van der Waals surface area contributed by atoms with E-state index in [0.29, 0.717) is 6.42 Å². The summed E-state index contributed by atoms with van der Waals surface area (Å²) < 4.78 is 2.89. The summed E-state index contributed by atoms with van der Waals surface area (Å²) in [6.45, 7) is 0. The summed E-state index contributed by atoms with van der Waals surface area (Å²) in [6.07, 6.45) is 4.86. The number of imidazole rings is 1. The number of hydrogen-bond acceptors (Lipinski definition) is 2. The molecule has 0 aliphatic heterocycles. The average molecular weight is 239 g/mol. The van der Waals surface area contributed by atoms with Crippen molar-refractivity contribution in [3.8, 4) is 0 Å². The Morgan fingerprint density at radius 3 is 3.23 bits per heavy atom. The third-order valence-electron chi connectivity index (χ3n) is 1.86. The molecule has 2 heterocycles. The Balaban J connectivity index is 2.67. The van der Waals surface area contributed by atoms with Crippen LogP contribution < -0.4 is 0 Å². The lowest BCUT2D eigenvalue weighted by Crippen LogP contribution is -1.94. The van der Waals surface area contributed by atoms with Crippen LogP contribution in [0.5, 0.6) is 0 Å². The largest absolute Gasteiger partial charge is 0.303 e. The Labute approximate surface area is 83.5 Å². The lowest BCUT2D eigenvalue weighted by Gasteiger charge is -1.97. The van der Waals surface area contributed by atoms with Crippen LogP contribution in [0.4, 0.5) is 0 Å². The number of fused-ring (bicyclic) bond motifs is 1. The maximum atomic E-state index is 10.3. The van der Waals surface area contributed by atoms with E-state index in [-0.39, 0.29) is 0 Å². The zero-order valence-corrected chi connectivity index (χ0v) is 8.36. The van der Waals surface area contributed by atoms with Crippen LogP contribution >= 0.6 is 15.9 Å². The molecule has 13 heavy (non-hydrogen) atoms. The molecular weight excluding hydrogens is 232 g/mol. The van der Waals surface area contributed by atoms with E-state index >= 15 is 0 Å². The van der Waals surface area contributed by atoms with Crippen LogP contribution in [0.1, 0.15) is 5.82 Å². The van der Waals surface area contributed by atoms with E-state index < -0.39 is 0 Å². The molecule has 0 radical (unpaired) electrons. The van der Waals surface area contributed by atoms with Gasteiger partial charge in [0.1, 0.15) is 12.1 Å². The fourth-order valence-electron chi connectivity index (χ4n) is 1.27. The molecule has 0 N–H and O–H groups in total. The molecule has 0 aliphatic rings. The average Bonchev–Trinajstić information content (AvgIpc) is 2.51. The highest BCUT2D eigenvalue weighted by Crippen LogP contribution is 2.18. The number of carbonyl (C=O) groups excluding carboxylic acids is 1. The highest BCUT2D eigenvalue weighted by Gasteiger charge is 2.03. The number of aromatic nitrogens is 2. The van der Waals surface area contributed by atoms with Gasteiger partial charge in [0.05, 0.1) is 18.1 Å². The summed E-state index contributed by atoms with van der Waals surface area (Å²) in [4.78, 5) is 14.5. The predicted octanol–water partition coefficient (Wildman–Crippen LogP) is 1.84. The Bertz CT molecular complexity index is 450. The van der Waals surface area contributed by atoms with Crippen molar-refractivity contribution in [1.82, 2.24) is 9.38 Å². The second-order valence-electron chi connectivity index (χ2n) is 2.66. The molecule has 66 valence electrons. The third kappa shape index (κ3) is 1.37. The normalized spacial score (nSPS) is 10.5. The minimum atomic E-state index is 0.352. The Hall–Kier alpha value is -1.16. The fraction of sp³-hybridized carbons (Fsp3) is 0.111. The molecular formula is C9H7BrN2O. The summed E-state index contributed by atoms with van der Waals surface area (Å²) in [6, 6.07) is 3.86. The van der Waals surface area contributed by atoms with Gasteiger partial charge in [0.2, 0.25) is 0 Å². The van der Waals surface area contributed by atoms with Crippen LogP contribution in [0, 0.1) is 0 Å². The van der Waals surface area contributed by atoms with Gasteiger partial charge in [-0.3, -0.25) is 0 Å². The number of hydrogen-bond donors (Lipinski definition) is 0. The van der Waals surface area contributed by atoms with Crippen molar-refractivity contribution in [2.75, 3.05) is 0 Å². The smallest absolute Gasteiger partial charge is 0.127 e. The monoisotopic (exact) mass is 238 g/mol. The first-order valence-electron chi connectivity index (χ1n) is 3.87. The number of carbonyl (C=O) groups is 1. The highest BCUT2D eigenvalue weighted by molar-refractivity contribution is 9.10. The van der Waals surface area contributed by atoms with Crippen molar-refractivity contribution in [2.24, 2.45) is 0 Å². The van der Waals surface area contributed by atoms with Crippen LogP contribution in [0.15, 0.2) is 29.0 Å². The minimum Gasteiger partial charge on any atom is -0.303 e. The summed E-state index contributed by atoms with van der Waals surface area (Å²) in [7, 11) is 0. The third-order valence-corrected chi connectivity index (χ3v) is 2.53. The zero-order valence-electron chi connectivity index (χ0n) is 6.77. The molecule has 0 aliphatic carbocycles. The molecule has 0 saturated heterocycles. The summed E-state index contributed by atoms with van der Waals surface area (Å²) in [5.74, 6) is 0.770. The molecule has 0 spiro atoms. The highest BCUT2D eigenvalue weighted by atomic mass is 79.9. The Morgan fingerprint density at radius 2 is 2.46 bits per heavy atom. The second kappa shape index (κ2) is 3.30. The number of rotatable bonds is 2. The van der Waals surface area contributed by atoms with Crippen LogP contribution in [0.3, 0.4) is 0 Å². The van der Waals surface area contributed by atoms with E-state index in [0.717, 1.165) is 22.1 Å². The van der Waals surface area contributed by atoms with E-state index in [1.807, 2.05) is 22.7 Å². The molecule has 0 unspecified atom stereocenters. The molecule has 0 amide bonds. The van der Waals surface area contributed by atoms with Gasteiger partial charge in [0, 0.05) is 10.7 Å². The molecule has 2 rings (SSSR count). The number of halogens is 1. The van der Waals surface area contributed by atoms with Crippen molar-refractivity contribution in [2.45, 2.75) is 6.42 Å². The van der Waals surface area contributed by atoms with E-state index in [1.54, 1.807) is 6.20 Å². The van der Waals surface area contributed by atoms with Crippen LogP contribution in [-0.4, -0.2) is 15.7 Å². The summed E-state index contributed by atoms with van der Waals surface area (Å²) in [5, 5.41) is 0. The van der Waals surface area contributed by atoms with Gasteiger partial charge in [-0.05, 0) is 28.1 Å². The first kappa shape index (κ1) is 8.44. The zero-order chi connectivity index (χ0) is 9.26. The Morgan fingerprint density at radius 1 is 1.62 bits per heavy atom. The van der Waals surface area contributed by atoms with Crippen molar-refractivity contribution in [3.63, 3.8) is 0 Å². The van der Waals surface area contributed by atoms with Gasteiger partial charge in [-0.15, -0.1) is 0 Å². The molecule has 0 atom stereocenters. The first-order valence-corrected chi connectivity index (χ1v) is 4.66. The van der Waals surface area contributed by atoms with Crippen LogP contribution in [-0.2, 0) is 11.2 Å². The summed E-state index contributed by atoms with van der Waals surface area (Å²) >= 11 is 3.41. The Kier molecular flexibility index (Phi) is 2.14. The number of pyridine rings is 1. The number of aldehydes is 1. The minimum absolute atomic E-state index is 0.352. The van der Waals surface area contributed by atoms with Crippen molar-refractivity contribution >= 4 is 27.7 Å². The maximum Gasteiger partial charge on any atom is 0.127 e. The van der Waals surface area contributed by atoms with Crippen molar-refractivity contribution < 1.29 is 4.79 Å². The molecule has 2 aromatic heterocycles. The quantitative estimate of drug-likeness (QED) is 0.749. The van der Waals surface area contributed by atoms with E-state index in [4.69, 9.17) is 0 Å². The van der Waals surface area contributed by atoms with Gasteiger partial charge < -0.3 is 9.20 Å². The molecule has 2 aromatic rings. The van der Waals surface area contributed by atoms with Gasteiger partial charge in [-0.1, -0.05) is 0 Å². The van der Waals surface area contributed by atoms with Gasteiger partial charge >= 0.3 is 0 Å². The van der Waals surface area contributed by atoms with Crippen LogP contribution in [0.2, 0.25) is 0 Å². The molecule has 3 nitrogen and oxygen atoms in total. The first-order chi connectivity index (χ1) is 6.33.